The Balaban J connectivity index is 2.37. The number of methoxy groups -OCH3 is 1. The van der Waals surface area contributed by atoms with Crippen molar-refractivity contribution >= 4 is 11.9 Å². The summed E-state index contributed by atoms with van der Waals surface area (Å²) in [6.07, 6.45) is 2.84. The highest BCUT2D eigenvalue weighted by atomic mass is 16.5. The summed E-state index contributed by atoms with van der Waals surface area (Å²) < 4.78 is 5.98. The van der Waals surface area contributed by atoms with Gasteiger partial charge in [-0.05, 0) is 18.2 Å². The van der Waals surface area contributed by atoms with E-state index in [1.165, 1.54) is 36.3 Å². The van der Waals surface area contributed by atoms with Gasteiger partial charge in [0.1, 0.15) is 0 Å². The molecule has 0 atom stereocenters. The van der Waals surface area contributed by atoms with Gasteiger partial charge in [0.25, 0.3) is 0 Å². The van der Waals surface area contributed by atoms with Crippen molar-refractivity contribution in [3.8, 4) is 5.69 Å². The number of rotatable bonds is 3. The van der Waals surface area contributed by atoms with Gasteiger partial charge in [0.05, 0.1) is 30.1 Å². The molecule has 0 bridgehead atoms. The summed E-state index contributed by atoms with van der Waals surface area (Å²) in [7, 11) is 1.28. The highest BCUT2D eigenvalue weighted by molar-refractivity contribution is 5.89. The van der Waals surface area contributed by atoms with Crippen LogP contribution in [0.5, 0.6) is 0 Å². The Hall–Kier alpha value is -2.63. The van der Waals surface area contributed by atoms with Crippen LogP contribution in [-0.4, -0.2) is 33.9 Å². The van der Waals surface area contributed by atoms with Crippen LogP contribution in [-0.2, 0) is 4.74 Å². The maximum Gasteiger partial charge on any atom is 0.341 e. The number of hydrogen-bond donors (Lipinski definition) is 1. The van der Waals surface area contributed by atoms with Crippen LogP contribution < -0.4 is 0 Å². The Morgan fingerprint density at radius 2 is 2.11 bits per heavy atom. The fourth-order valence-corrected chi connectivity index (χ4v) is 1.47. The number of ether oxygens (including phenoxy) is 1. The first kappa shape index (κ1) is 11.8. The van der Waals surface area contributed by atoms with E-state index in [4.69, 9.17) is 5.11 Å². The van der Waals surface area contributed by atoms with Gasteiger partial charge in [0.15, 0.2) is 0 Å². The van der Waals surface area contributed by atoms with E-state index in [-0.39, 0.29) is 5.56 Å². The lowest BCUT2D eigenvalue weighted by molar-refractivity contribution is 0.0599. The molecule has 2 aromatic rings. The van der Waals surface area contributed by atoms with Crippen molar-refractivity contribution in [3.05, 3.63) is 47.8 Å². The highest BCUT2D eigenvalue weighted by Gasteiger charge is 2.10. The van der Waals surface area contributed by atoms with Crippen molar-refractivity contribution in [2.45, 2.75) is 0 Å². The summed E-state index contributed by atoms with van der Waals surface area (Å²) in [5, 5.41) is 12.9. The van der Waals surface area contributed by atoms with E-state index < -0.39 is 11.9 Å². The van der Waals surface area contributed by atoms with Crippen molar-refractivity contribution in [1.82, 2.24) is 9.78 Å². The number of esters is 1. The highest BCUT2D eigenvalue weighted by Crippen LogP contribution is 2.11. The van der Waals surface area contributed by atoms with Crippen LogP contribution in [0.3, 0.4) is 0 Å². The minimum absolute atomic E-state index is 0.155. The second kappa shape index (κ2) is 4.70. The summed E-state index contributed by atoms with van der Waals surface area (Å²) in [6.45, 7) is 0. The first-order valence-electron chi connectivity index (χ1n) is 5.08. The van der Waals surface area contributed by atoms with Crippen molar-refractivity contribution in [1.29, 1.82) is 0 Å². The smallest absolute Gasteiger partial charge is 0.341 e. The standard InChI is InChI=1S/C12H10N2O4/c1-18-12(17)9-6-13-14(7-9)10-4-2-3-8(5-10)11(15)16/h2-7H,1H3,(H,15,16). The summed E-state index contributed by atoms with van der Waals surface area (Å²) in [4.78, 5) is 22.1. The molecule has 0 unspecified atom stereocenters. The third-order valence-corrected chi connectivity index (χ3v) is 2.36. The fraction of sp³-hybridized carbons (Fsp3) is 0.0833. The quantitative estimate of drug-likeness (QED) is 0.827. The first-order chi connectivity index (χ1) is 8.61. The van der Waals surface area contributed by atoms with Crippen LogP contribution in [0.25, 0.3) is 5.69 Å². The molecule has 6 nitrogen and oxygen atoms in total. The minimum atomic E-state index is -1.02. The number of carboxylic acids is 1. The van der Waals surface area contributed by atoms with Crippen LogP contribution in [0, 0.1) is 0 Å². The third-order valence-electron chi connectivity index (χ3n) is 2.36. The van der Waals surface area contributed by atoms with Gasteiger partial charge in [-0.2, -0.15) is 5.10 Å². The largest absolute Gasteiger partial charge is 0.478 e. The van der Waals surface area contributed by atoms with E-state index in [0.717, 1.165) is 0 Å². The Morgan fingerprint density at radius 1 is 1.33 bits per heavy atom. The topological polar surface area (TPSA) is 81.4 Å². The molecule has 1 N–H and O–H groups in total. The Kier molecular flexibility index (Phi) is 3.09. The Bertz CT molecular complexity index is 604. The van der Waals surface area contributed by atoms with Gasteiger partial charge >= 0.3 is 11.9 Å². The third kappa shape index (κ3) is 2.22. The van der Waals surface area contributed by atoms with Crippen LogP contribution in [0.2, 0.25) is 0 Å². The number of carbonyl (C=O) groups is 2. The van der Waals surface area contributed by atoms with Crippen LogP contribution in [0.1, 0.15) is 20.7 Å². The zero-order valence-electron chi connectivity index (χ0n) is 9.53. The van der Waals surface area contributed by atoms with Gasteiger partial charge in [-0.15, -0.1) is 0 Å². The molecule has 0 radical (unpaired) electrons. The number of benzene rings is 1. The molecule has 0 amide bonds. The summed E-state index contributed by atoms with van der Waals surface area (Å²) in [5.41, 5.74) is 1.02. The van der Waals surface area contributed by atoms with Gasteiger partial charge in [0, 0.05) is 6.20 Å². The molecule has 6 heteroatoms. The molecule has 0 fully saturated rings. The average molecular weight is 246 g/mol. The Labute approximate surface area is 102 Å². The molecule has 0 spiro atoms. The molecule has 1 aromatic carbocycles. The fourth-order valence-electron chi connectivity index (χ4n) is 1.47. The van der Waals surface area contributed by atoms with E-state index in [1.54, 1.807) is 12.1 Å². The molecule has 92 valence electrons. The molecule has 0 aliphatic carbocycles. The predicted molar refractivity (Wildman–Crippen MR) is 61.9 cm³/mol. The van der Waals surface area contributed by atoms with Crippen molar-refractivity contribution in [2.75, 3.05) is 7.11 Å². The minimum Gasteiger partial charge on any atom is -0.478 e. The molecule has 18 heavy (non-hydrogen) atoms. The van der Waals surface area contributed by atoms with Gasteiger partial charge in [-0.1, -0.05) is 6.07 Å². The van der Waals surface area contributed by atoms with Gasteiger partial charge in [-0.25, -0.2) is 14.3 Å². The van der Waals surface area contributed by atoms with Gasteiger partial charge < -0.3 is 9.84 Å². The zero-order chi connectivity index (χ0) is 13.1. The lowest BCUT2D eigenvalue weighted by atomic mass is 10.2. The zero-order valence-corrected chi connectivity index (χ0v) is 9.53. The van der Waals surface area contributed by atoms with Crippen LogP contribution in [0.4, 0.5) is 0 Å². The maximum absolute atomic E-state index is 11.3. The van der Waals surface area contributed by atoms with Crippen molar-refractivity contribution in [3.63, 3.8) is 0 Å². The maximum atomic E-state index is 11.3. The van der Waals surface area contributed by atoms with Crippen LogP contribution >= 0.6 is 0 Å². The number of hydrogen-bond acceptors (Lipinski definition) is 4. The number of aromatic nitrogens is 2. The number of aromatic carboxylic acids is 1. The molecule has 0 saturated carbocycles. The van der Waals surface area contributed by atoms with E-state index in [1.807, 2.05) is 0 Å². The average Bonchev–Trinajstić information content (AvgIpc) is 2.87. The van der Waals surface area contributed by atoms with Crippen molar-refractivity contribution < 1.29 is 19.4 Å². The lowest BCUT2D eigenvalue weighted by Gasteiger charge is -2.02. The molecule has 0 aliphatic rings. The molecule has 2 rings (SSSR count). The first-order valence-corrected chi connectivity index (χ1v) is 5.08. The SMILES string of the molecule is COC(=O)c1cnn(-c2cccc(C(=O)O)c2)c1. The van der Waals surface area contributed by atoms with Crippen LogP contribution in [0.15, 0.2) is 36.7 Å². The molecule has 0 aliphatic heterocycles. The molecular formula is C12H10N2O4. The normalized spacial score (nSPS) is 10.1. The van der Waals surface area contributed by atoms with E-state index >= 15 is 0 Å². The van der Waals surface area contributed by atoms with E-state index in [2.05, 4.69) is 9.84 Å². The van der Waals surface area contributed by atoms with Gasteiger partial charge in [-0.3, -0.25) is 0 Å². The van der Waals surface area contributed by atoms with E-state index in [0.29, 0.717) is 11.3 Å². The number of carbonyl (C=O) groups excluding carboxylic acids is 1. The lowest BCUT2D eigenvalue weighted by Crippen LogP contribution is -2.01. The molecule has 1 aromatic heterocycles. The second-order valence-electron chi connectivity index (χ2n) is 3.52. The second-order valence-corrected chi connectivity index (χ2v) is 3.52. The summed E-state index contributed by atoms with van der Waals surface area (Å²) in [6, 6.07) is 6.26. The summed E-state index contributed by atoms with van der Waals surface area (Å²) in [5.74, 6) is -1.51. The number of carboxylic acid groups (broad SMARTS) is 1. The monoisotopic (exact) mass is 246 g/mol. The van der Waals surface area contributed by atoms with E-state index in [9.17, 15) is 9.59 Å². The molecule has 0 saturated heterocycles. The Morgan fingerprint density at radius 3 is 2.78 bits per heavy atom. The predicted octanol–water partition coefficient (Wildman–Crippen LogP) is 1.36. The molecule has 1 heterocycles. The summed E-state index contributed by atoms with van der Waals surface area (Å²) >= 11 is 0. The molecular weight excluding hydrogens is 236 g/mol. The number of nitrogens with zero attached hydrogens (tertiary/aromatic N) is 2. The van der Waals surface area contributed by atoms with Crippen molar-refractivity contribution in [2.24, 2.45) is 0 Å². The van der Waals surface area contributed by atoms with Gasteiger partial charge in [0.2, 0.25) is 0 Å².